The molecule has 1 N–H and O–H groups in total. The standard InChI is InChI=1S/C11H15BrN6/c1-3-4-14-8(2)11-15-16-17-18(11)10-5-9(12)6-13-7-10/h5-8,14H,3-4H2,1-2H3. The Labute approximate surface area is 114 Å². The van der Waals surface area contributed by atoms with Crippen molar-refractivity contribution in [2.45, 2.75) is 26.3 Å². The van der Waals surface area contributed by atoms with Crippen LogP contribution < -0.4 is 5.32 Å². The second kappa shape index (κ2) is 6.01. The van der Waals surface area contributed by atoms with Crippen LogP contribution in [-0.2, 0) is 0 Å². The third-order valence-corrected chi connectivity index (χ3v) is 2.95. The summed E-state index contributed by atoms with van der Waals surface area (Å²) in [4.78, 5) is 4.12. The maximum Gasteiger partial charge on any atom is 0.173 e. The van der Waals surface area contributed by atoms with Crippen LogP contribution in [0.3, 0.4) is 0 Å². The van der Waals surface area contributed by atoms with Crippen LogP contribution in [0, 0.1) is 0 Å². The molecule has 96 valence electrons. The Morgan fingerprint density at radius 3 is 3.00 bits per heavy atom. The summed E-state index contributed by atoms with van der Waals surface area (Å²) in [6, 6.07) is 2.03. The fourth-order valence-corrected chi connectivity index (χ4v) is 1.97. The Morgan fingerprint density at radius 1 is 1.44 bits per heavy atom. The summed E-state index contributed by atoms with van der Waals surface area (Å²) in [6.45, 7) is 5.11. The van der Waals surface area contributed by atoms with E-state index in [0.717, 1.165) is 29.0 Å². The van der Waals surface area contributed by atoms with Crippen molar-refractivity contribution in [1.82, 2.24) is 30.5 Å². The van der Waals surface area contributed by atoms with Gasteiger partial charge in [0, 0.05) is 10.7 Å². The van der Waals surface area contributed by atoms with Gasteiger partial charge in [-0.1, -0.05) is 6.92 Å². The molecular formula is C11H15BrN6. The predicted molar refractivity (Wildman–Crippen MR) is 71.4 cm³/mol. The Hall–Kier alpha value is -1.34. The van der Waals surface area contributed by atoms with Crippen LogP contribution >= 0.6 is 15.9 Å². The van der Waals surface area contributed by atoms with Crippen molar-refractivity contribution in [2.24, 2.45) is 0 Å². The maximum atomic E-state index is 4.12. The minimum Gasteiger partial charge on any atom is -0.307 e. The van der Waals surface area contributed by atoms with E-state index >= 15 is 0 Å². The lowest BCUT2D eigenvalue weighted by Gasteiger charge is -2.12. The summed E-state index contributed by atoms with van der Waals surface area (Å²) in [5.74, 6) is 0.781. The smallest absolute Gasteiger partial charge is 0.173 e. The lowest BCUT2D eigenvalue weighted by molar-refractivity contribution is 0.531. The topological polar surface area (TPSA) is 68.5 Å². The average molecular weight is 311 g/mol. The SMILES string of the molecule is CCCNC(C)c1nnnn1-c1cncc(Br)c1. The fourth-order valence-electron chi connectivity index (χ4n) is 1.62. The second-order valence-corrected chi connectivity index (χ2v) is 4.90. The minimum atomic E-state index is 0.0962. The van der Waals surface area contributed by atoms with Gasteiger partial charge in [-0.2, -0.15) is 4.68 Å². The van der Waals surface area contributed by atoms with Gasteiger partial charge in [-0.05, 0) is 52.3 Å². The molecule has 1 atom stereocenters. The van der Waals surface area contributed by atoms with Crippen LogP contribution in [0.5, 0.6) is 0 Å². The molecule has 18 heavy (non-hydrogen) atoms. The number of halogens is 1. The lowest BCUT2D eigenvalue weighted by atomic mass is 10.3. The molecule has 0 aliphatic heterocycles. The van der Waals surface area contributed by atoms with E-state index in [4.69, 9.17) is 0 Å². The molecule has 0 spiro atoms. The minimum absolute atomic E-state index is 0.0962. The first-order valence-corrected chi connectivity index (χ1v) is 6.64. The lowest BCUT2D eigenvalue weighted by Crippen LogP contribution is -2.22. The highest BCUT2D eigenvalue weighted by atomic mass is 79.9. The molecule has 2 heterocycles. The number of tetrazole rings is 1. The zero-order chi connectivity index (χ0) is 13.0. The van der Waals surface area contributed by atoms with Gasteiger partial charge in [0.15, 0.2) is 5.82 Å². The molecule has 6 nitrogen and oxygen atoms in total. The van der Waals surface area contributed by atoms with Gasteiger partial charge in [-0.15, -0.1) is 5.10 Å². The molecule has 2 rings (SSSR count). The van der Waals surface area contributed by atoms with Gasteiger partial charge < -0.3 is 5.32 Å². The van der Waals surface area contributed by atoms with Gasteiger partial charge in [0.25, 0.3) is 0 Å². The molecule has 2 aromatic heterocycles. The summed E-state index contributed by atoms with van der Waals surface area (Å²) in [7, 11) is 0. The Morgan fingerprint density at radius 2 is 2.28 bits per heavy atom. The van der Waals surface area contributed by atoms with E-state index in [9.17, 15) is 0 Å². The Balaban J connectivity index is 2.27. The molecule has 2 aromatic rings. The Kier molecular flexibility index (Phi) is 4.38. The normalized spacial score (nSPS) is 12.6. The van der Waals surface area contributed by atoms with E-state index in [0.29, 0.717) is 0 Å². The van der Waals surface area contributed by atoms with Crippen LogP contribution in [0.15, 0.2) is 22.9 Å². The highest BCUT2D eigenvalue weighted by Crippen LogP contribution is 2.16. The number of aromatic nitrogens is 5. The molecule has 0 aliphatic rings. The first kappa shape index (κ1) is 13.1. The summed E-state index contributed by atoms with van der Waals surface area (Å²) in [5.41, 5.74) is 0.842. The number of nitrogens with one attached hydrogen (secondary N) is 1. The van der Waals surface area contributed by atoms with Gasteiger partial charge in [0.05, 0.1) is 17.9 Å². The average Bonchev–Trinajstić information content (AvgIpc) is 2.85. The third kappa shape index (κ3) is 2.91. The highest BCUT2D eigenvalue weighted by Gasteiger charge is 2.15. The molecule has 1 unspecified atom stereocenters. The summed E-state index contributed by atoms with van der Waals surface area (Å²) in [5, 5.41) is 15.2. The summed E-state index contributed by atoms with van der Waals surface area (Å²) < 4.78 is 2.60. The van der Waals surface area contributed by atoms with Gasteiger partial charge in [0.2, 0.25) is 0 Å². The van der Waals surface area contributed by atoms with E-state index < -0.39 is 0 Å². The summed E-state index contributed by atoms with van der Waals surface area (Å²) >= 11 is 3.39. The molecule has 0 amide bonds. The van der Waals surface area contributed by atoms with Gasteiger partial charge in [0.1, 0.15) is 0 Å². The number of rotatable bonds is 5. The molecule has 0 aromatic carbocycles. The monoisotopic (exact) mass is 310 g/mol. The number of pyridine rings is 1. The van der Waals surface area contributed by atoms with Crippen molar-refractivity contribution in [3.8, 4) is 5.69 Å². The highest BCUT2D eigenvalue weighted by molar-refractivity contribution is 9.10. The molecule has 0 fully saturated rings. The van der Waals surface area contributed by atoms with Crippen LogP contribution in [0.25, 0.3) is 5.69 Å². The van der Waals surface area contributed by atoms with Gasteiger partial charge in [-0.3, -0.25) is 4.98 Å². The summed E-state index contributed by atoms with van der Waals surface area (Å²) in [6.07, 6.45) is 4.54. The maximum absolute atomic E-state index is 4.12. The van der Waals surface area contributed by atoms with Gasteiger partial charge >= 0.3 is 0 Å². The van der Waals surface area contributed by atoms with Crippen LogP contribution in [-0.4, -0.2) is 31.7 Å². The number of hydrogen-bond donors (Lipinski definition) is 1. The third-order valence-electron chi connectivity index (χ3n) is 2.52. The Bertz CT molecular complexity index is 512. The van der Waals surface area contributed by atoms with Crippen molar-refractivity contribution in [1.29, 1.82) is 0 Å². The van der Waals surface area contributed by atoms with E-state index in [1.54, 1.807) is 17.1 Å². The molecule has 7 heteroatoms. The van der Waals surface area contributed by atoms with Crippen molar-refractivity contribution >= 4 is 15.9 Å². The predicted octanol–water partition coefficient (Wildman–Crippen LogP) is 1.88. The van der Waals surface area contributed by atoms with Crippen LogP contribution in [0.4, 0.5) is 0 Å². The van der Waals surface area contributed by atoms with Crippen LogP contribution in [0.2, 0.25) is 0 Å². The molecule has 0 saturated heterocycles. The van der Waals surface area contributed by atoms with Crippen molar-refractivity contribution < 1.29 is 0 Å². The molecule has 0 saturated carbocycles. The molecular weight excluding hydrogens is 296 g/mol. The molecule has 0 radical (unpaired) electrons. The second-order valence-electron chi connectivity index (χ2n) is 3.99. The zero-order valence-electron chi connectivity index (χ0n) is 10.3. The number of nitrogens with zero attached hydrogens (tertiary/aromatic N) is 5. The number of hydrogen-bond acceptors (Lipinski definition) is 5. The van der Waals surface area contributed by atoms with Crippen molar-refractivity contribution in [3.05, 3.63) is 28.8 Å². The zero-order valence-corrected chi connectivity index (χ0v) is 11.9. The largest absolute Gasteiger partial charge is 0.307 e. The van der Waals surface area contributed by atoms with E-state index in [1.165, 1.54) is 0 Å². The van der Waals surface area contributed by atoms with E-state index in [2.05, 4.69) is 48.7 Å². The first-order valence-electron chi connectivity index (χ1n) is 5.85. The fraction of sp³-hybridized carbons (Fsp3) is 0.455. The molecule has 0 aliphatic carbocycles. The van der Waals surface area contributed by atoms with E-state index in [-0.39, 0.29) is 6.04 Å². The van der Waals surface area contributed by atoms with Crippen LogP contribution in [0.1, 0.15) is 32.1 Å². The van der Waals surface area contributed by atoms with Crippen molar-refractivity contribution in [2.75, 3.05) is 6.54 Å². The van der Waals surface area contributed by atoms with E-state index in [1.807, 2.05) is 13.0 Å². The quantitative estimate of drug-likeness (QED) is 0.913. The first-order chi connectivity index (χ1) is 8.72. The van der Waals surface area contributed by atoms with Crippen molar-refractivity contribution in [3.63, 3.8) is 0 Å². The molecule has 0 bridgehead atoms. The van der Waals surface area contributed by atoms with Gasteiger partial charge in [-0.25, -0.2) is 0 Å².